The van der Waals surface area contributed by atoms with Gasteiger partial charge in [-0.3, -0.25) is 4.79 Å². The molecule has 0 aromatic carbocycles. The normalized spacial score (nSPS) is 12.8. The highest BCUT2D eigenvalue weighted by Crippen LogP contribution is 2.06. The zero-order valence-electron chi connectivity index (χ0n) is 10.1. The maximum absolute atomic E-state index is 11.7. The summed E-state index contributed by atoms with van der Waals surface area (Å²) < 4.78 is 0. The second-order valence-electron chi connectivity index (χ2n) is 4.51. The van der Waals surface area contributed by atoms with Crippen molar-refractivity contribution < 1.29 is 9.90 Å². The van der Waals surface area contributed by atoms with Gasteiger partial charge in [-0.05, 0) is 25.3 Å². The molecule has 1 rings (SSSR count). The van der Waals surface area contributed by atoms with Crippen molar-refractivity contribution in [3.8, 4) is 0 Å². The predicted molar refractivity (Wildman–Crippen MR) is 63.3 cm³/mol. The molecule has 0 radical (unpaired) electrons. The molecule has 0 saturated carbocycles. The molecular formula is C12H20N2O2. The number of amides is 1. The third-order valence-corrected chi connectivity index (χ3v) is 2.44. The Kier molecular flexibility index (Phi) is 4.55. The first-order valence-corrected chi connectivity index (χ1v) is 5.61. The number of rotatable bonds is 5. The first kappa shape index (κ1) is 12.8. The van der Waals surface area contributed by atoms with Gasteiger partial charge in [-0.1, -0.05) is 13.8 Å². The Bertz CT molecular complexity index is 345. The lowest BCUT2D eigenvalue weighted by molar-refractivity contribution is 0.0900. The standard InChI is InChI=1S/C12H20N2O2/c1-8(2)6-10(15)7-14-12(16)11-4-5-13-9(11)3/h4-5,8,10,13,15H,6-7H2,1-3H3,(H,14,16). The largest absolute Gasteiger partial charge is 0.391 e. The third kappa shape index (κ3) is 3.70. The zero-order valence-corrected chi connectivity index (χ0v) is 10.1. The van der Waals surface area contributed by atoms with Crippen LogP contribution in [0.3, 0.4) is 0 Å². The summed E-state index contributed by atoms with van der Waals surface area (Å²) in [5, 5.41) is 12.3. The van der Waals surface area contributed by atoms with E-state index >= 15 is 0 Å². The summed E-state index contributed by atoms with van der Waals surface area (Å²) in [5.74, 6) is 0.294. The van der Waals surface area contributed by atoms with Gasteiger partial charge in [0.05, 0.1) is 11.7 Å². The Labute approximate surface area is 96.1 Å². The summed E-state index contributed by atoms with van der Waals surface area (Å²) in [4.78, 5) is 14.6. The number of nitrogens with one attached hydrogen (secondary N) is 2. The number of aromatic amines is 1. The predicted octanol–water partition coefficient (Wildman–Crippen LogP) is 1.46. The molecule has 90 valence electrons. The van der Waals surface area contributed by atoms with Crippen LogP contribution < -0.4 is 5.32 Å². The van der Waals surface area contributed by atoms with Gasteiger partial charge in [-0.2, -0.15) is 0 Å². The van der Waals surface area contributed by atoms with Crippen molar-refractivity contribution in [1.82, 2.24) is 10.3 Å². The second kappa shape index (κ2) is 5.70. The van der Waals surface area contributed by atoms with Gasteiger partial charge in [-0.25, -0.2) is 0 Å². The fourth-order valence-electron chi connectivity index (χ4n) is 1.63. The molecule has 0 aliphatic rings. The highest BCUT2D eigenvalue weighted by atomic mass is 16.3. The van der Waals surface area contributed by atoms with Gasteiger partial charge in [0.1, 0.15) is 0 Å². The van der Waals surface area contributed by atoms with Gasteiger partial charge in [0.15, 0.2) is 0 Å². The van der Waals surface area contributed by atoms with Crippen molar-refractivity contribution in [2.45, 2.75) is 33.3 Å². The number of aromatic nitrogens is 1. The Morgan fingerprint density at radius 3 is 2.75 bits per heavy atom. The number of carbonyl (C=O) groups is 1. The Morgan fingerprint density at radius 1 is 1.56 bits per heavy atom. The molecule has 1 unspecified atom stereocenters. The molecule has 1 aromatic heterocycles. The second-order valence-corrected chi connectivity index (χ2v) is 4.51. The van der Waals surface area contributed by atoms with Gasteiger partial charge in [0.2, 0.25) is 0 Å². The number of aliphatic hydroxyl groups is 1. The lowest BCUT2D eigenvalue weighted by atomic mass is 10.1. The molecule has 4 nitrogen and oxygen atoms in total. The minimum Gasteiger partial charge on any atom is -0.391 e. The fourth-order valence-corrected chi connectivity index (χ4v) is 1.63. The summed E-state index contributed by atoms with van der Waals surface area (Å²) in [5.41, 5.74) is 1.48. The summed E-state index contributed by atoms with van der Waals surface area (Å²) in [7, 11) is 0. The molecule has 4 heteroatoms. The molecule has 1 atom stereocenters. The van der Waals surface area contributed by atoms with E-state index in [2.05, 4.69) is 10.3 Å². The highest BCUT2D eigenvalue weighted by Gasteiger charge is 2.12. The Morgan fingerprint density at radius 2 is 2.25 bits per heavy atom. The van der Waals surface area contributed by atoms with Crippen molar-refractivity contribution in [2.24, 2.45) is 5.92 Å². The minimum absolute atomic E-state index is 0.137. The van der Waals surface area contributed by atoms with E-state index in [0.717, 1.165) is 5.69 Å². The Hall–Kier alpha value is -1.29. The van der Waals surface area contributed by atoms with Crippen LogP contribution in [0, 0.1) is 12.8 Å². The number of aliphatic hydroxyl groups excluding tert-OH is 1. The number of aryl methyl sites for hydroxylation is 1. The van der Waals surface area contributed by atoms with Gasteiger partial charge in [0.25, 0.3) is 5.91 Å². The molecule has 0 saturated heterocycles. The summed E-state index contributed by atoms with van der Waals surface area (Å²) in [6, 6.07) is 1.74. The molecule has 3 N–H and O–H groups in total. The number of carbonyl (C=O) groups excluding carboxylic acids is 1. The molecule has 16 heavy (non-hydrogen) atoms. The zero-order chi connectivity index (χ0) is 12.1. The number of hydrogen-bond donors (Lipinski definition) is 3. The van der Waals surface area contributed by atoms with E-state index in [-0.39, 0.29) is 5.91 Å². The monoisotopic (exact) mass is 224 g/mol. The van der Waals surface area contributed by atoms with Crippen LogP contribution in [-0.2, 0) is 0 Å². The van der Waals surface area contributed by atoms with E-state index in [4.69, 9.17) is 0 Å². The first-order chi connectivity index (χ1) is 7.50. The first-order valence-electron chi connectivity index (χ1n) is 5.61. The topological polar surface area (TPSA) is 65.1 Å². The number of H-pyrrole nitrogens is 1. The van der Waals surface area contributed by atoms with Crippen LogP contribution >= 0.6 is 0 Å². The maximum atomic E-state index is 11.7. The van der Waals surface area contributed by atoms with E-state index in [1.807, 2.05) is 20.8 Å². The average Bonchev–Trinajstić information content (AvgIpc) is 2.60. The Balaban J connectivity index is 2.39. The van der Waals surface area contributed by atoms with Crippen molar-refractivity contribution in [1.29, 1.82) is 0 Å². The smallest absolute Gasteiger partial charge is 0.253 e. The van der Waals surface area contributed by atoms with Crippen LogP contribution in [0.2, 0.25) is 0 Å². The van der Waals surface area contributed by atoms with Gasteiger partial charge in [-0.15, -0.1) is 0 Å². The summed E-state index contributed by atoms with van der Waals surface area (Å²) in [6.07, 6.45) is 1.96. The van der Waals surface area contributed by atoms with Gasteiger partial charge >= 0.3 is 0 Å². The molecule has 1 heterocycles. The van der Waals surface area contributed by atoms with Crippen LogP contribution in [0.1, 0.15) is 36.3 Å². The molecule has 0 aliphatic carbocycles. The van der Waals surface area contributed by atoms with E-state index in [0.29, 0.717) is 24.4 Å². The van der Waals surface area contributed by atoms with E-state index < -0.39 is 6.10 Å². The minimum atomic E-state index is -0.469. The fraction of sp³-hybridized carbons (Fsp3) is 0.583. The molecule has 0 bridgehead atoms. The number of hydrogen-bond acceptors (Lipinski definition) is 2. The van der Waals surface area contributed by atoms with Crippen LogP contribution in [0.5, 0.6) is 0 Å². The molecule has 1 aromatic rings. The van der Waals surface area contributed by atoms with Crippen molar-refractivity contribution in [3.63, 3.8) is 0 Å². The van der Waals surface area contributed by atoms with Crippen LogP contribution in [0.15, 0.2) is 12.3 Å². The SMILES string of the molecule is Cc1[nH]ccc1C(=O)NCC(O)CC(C)C. The third-order valence-electron chi connectivity index (χ3n) is 2.44. The van der Waals surface area contributed by atoms with Crippen molar-refractivity contribution in [3.05, 3.63) is 23.5 Å². The molecule has 0 spiro atoms. The summed E-state index contributed by atoms with van der Waals surface area (Å²) in [6.45, 7) is 6.24. The van der Waals surface area contributed by atoms with Crippen molar-refractivity contribution >= 4 is 5.91 Å². The van der Waals surface area contributed by atoms with Crippen LogP contribution in [-0.4, -0.2) is 28.6 Å². The maximum Gasteiger partial charge on any atom is 0.253 e. The average molecular weight is 224 g/mol. The summed E-state index contributed by atoms with van der Waals surface area (Å²) >= 11 is 0. The van der Waals surface area contributed by atoms with Crippen LogP contribution in [0.4, 0.5) is 0 Å². The van der Waals surface area contributed by atoms with Crippen LogP contribution in [0.25, 0.3) is 0 Å². The van der Waals surface area contributed by atoms with Gasteiger partial charge in [0, 0.05) is 18.4 Å². The highest BCUT2D eigenvalue weighted by molar-refractivity contribution is 5.95. The quantitative estimate of drug-likeness (QED) is 0.709. The molecule has 0 fully saturated rings. The van der Waals surface area contributed by atoms with Crippen molar-refractivity contribution in [2.75, 3.05) is 6.54 Å². The molecule has 1 amide bonds. The lowest BCUT2D eigenvalue weighted by Gasteiger charge is -2.13. The molecular weight excluding hydrogens is 204 g/mol. The molecule has 0 aliphatic heterocycles. The van der Waals surface area contributed by atoms with E-state index in [1.54, 1.807) is 12.3 Å². The van der Waals surface area contributed by atoms with E-state index in [9.17, 15) is 9.90 Å². The van der Waals surface area contributed by atoms with Gasteiger partial charge < -0.3 is 15.4 Å². The lowest BCUT2D eigenvalue weighted by Crippen LogP contribution is -2.32. The van der Waals surface area contributed by atoms with E-state index in [1.165, 1.54) is 0 Å².